The summed E-state index contributed by atoms with van der Waals surface area (Å²) in [5, 5.41) is 0. The van der Waals surface area contributed by atoms with Gasteiger partial charge in [-0.15, -0.1) is 0 Å². The molecule has 0 unspecified atom stereocenters. The predicted molar refractivity (Wildman–Crippen MR) is 54.1 cm³/mol. The molecule has 0 aliphatic heterocycles. The lowest BCUT2D eigenvalue weighted by Gasteiger charge is -2.12. The number of hydrogen-bond donors (Lipinski definition) is 0. The van der Waals surface area contributed by atoms with Crippen LogP contribution in [0.4, 0.5) is 17.6 Å². The van der Waals surface area contributed by atoms with E-state index in [9.17, 15) is 30.5 Å². The van der Waals surface area contributed by atoms with E-state index in [4.69, 9.17) is 0 Å². The summed E-state index contributed by atoms with van der Waals surface area (Å²) >= 11 is -1.59. The van der Waals surface area contributed by atoms with Gasteiger partial charge in [0.15, 0.2) is 23.3 Å². The first-order chi connectivity index (χ1) is 7.21. The van der Waals surface area contributed by atoms with Crippen LogP contribution in [-0.4, -0.2) is 17.5 Å². The zero-order valence-electron chi connectivity index (χ0n) is 7.23. The maximum atomic E-state index is 13.0. The fourth-order valence-corrected chi connectivity index (χ4v) is 2.68. The molecule has 90 valence electrons. The highest BCUT2D eigenvalue weighted by atomic mass is 127. The SMILES string of the molecule is C=Ic1c(F)c(F)c(S(=O)(=O)[O-])c(F)c1F. The minimum absolute atomic E-state index is 0.943. The van der Waals surface area contributed by atoms with Crippen LogP contribution in [0.1, 0.15) is 0 Å². The van der Waals surface area contributed by atoms with Crippen molar-refractivity contribution >= 4 is 35.4 Å². The summed E-state index contributed by atoms with van der Waals surface area (Å²) in [4.78, 5) is -2.14. The molecule has 3 nitrogen and oxygen atoms in total. The van der Waals surface area contributed by atoms with Crippen molar-refractivity contribution in [1.82, 2.24) is 0 Å². The quantitative estimate of drug-likeness (QED) is 0.262. The van der Waals surface area contributed by atoms with Gasteiger partial charge >= 0.3 is 0 Å². The van der Waals surface area contributed by atoms with Gasteiger partial charge in [0.1, 0.15) is 15.0 Å². The molecule has 0 aliphatic carbocycles. The minimum atomic E-state index is -5.62. The van der Waals surface area contributed by atoms with Crippen LogP contribution < -0.4 is 0 Å². The Hall–Kier alpha value is -0.550. The van der Waals surface area contributed by atoms with E-state index in [0.29, 0.717) is 0 Å². The highest BCUT2D eigenvalue weighted by Gasteiger charge is 2.27. The zero-order chi connectivity index (χ0) is 12.7. The highest BCUT2D eigenvalue weighted by Crippen LogP contribution is 2.29. The molecule has 1 aromatic carbocycles. The van der Waals surface area contributed by atoms with Crippen LogP contribution >= 0.6 is 20.7 Å². The average molecular weight is 369 g/mol. The summed E-state index contributed by atoms with van der Waals surface area (Å²) in [7, 11) is -5.62. The average Bonchev–Trinajstić information content (AvgIpc) is 2.14. The lowest BCUT2D eigenvalue weighted by atomic mass is 10.3. The zero-order valence-corrected chi connectivity index (χ0v) is 10.2. The number of hydrogen-bond acceptors (Lipinski definition) is 3. The van der Waals surface area contributed by atoms with Crippen molar-refractivity contribution in [2.75, 3.05) is 0 Å². The molecule has 16 heavy (non-hydrogen) atoms. The lowest BCUT2D eigenvalue weighted by Crippen LogP contribution is -2.11. The second-order valence-corrected chi connectivity index (χ2v) is 5.64. The van der Waals surface area contributed by atoms with Crippen molar-refractivity contribution < 1.29 is 30.5 Å². The summed E-state index contributed by atoms with van der Waals surface area (Å²) in [6.45, 7) is 0. The van der Waals surface area contributed by atoms with E-state index < -0.39 is 62.6 Å². The molecule has 0 heterocycles. The molecule has 0 spiro atoms. The Balaban J connectivity index is 3.89. The molecule has 0 fully saturated rings. The fourth-order valence-electron chi connectivity index (χ4n) is 0.922. The van der Waals surface area contributed by atoms with Gasteiger partial charge in [0.05, 0.1) is 3.57 Å². The molecular weight excluding hydrogens is 367 g/mol. The van der Waals surface area contributed by atoms with Gasteiger partial charge < -0.3 is 4.55 Å². The third-order valence-electron chi connectivity index (χ3n) is 1.55. The monoisotopic (exact) mass is 369 g/mol. The van der Waals surface area contributed by atoms with Crippen LogP contribution in [0.25, 0.3) is 0 Å². The Morgan fingerprint density at radius 3 is 1.62 bits per heavy atom. The largest absolute Gasteiger partial charge is 0.744 e. The second kappa shape index (κ2) is 4.37. The van der Waals surface area contributed by atoms with Crippen molar-refractivity contribution in [2.24, 2.45) is 0 Å². The van der Waals surface area contributed by atoms with E-state index in [2.05, 4.69) is 4.51 Å². The maximum Gasteiger partial charge on any atom is 0.180 e. The first-order valence-corrected chi connectivity index (χ1v) is 7.43. The molecule has 0 aliphatic rings. The van der Waals surface area contributed by atoms with E-state index in [0.717, 1.165) is 0 Å². The summed E-state index contributed by atoms with van der Waals surface area (Å²) in [5.74, 6) is -8.16. The first-order valence-electron chi connectivity index (χ1n) is 3.42. The fraction of sp³-hybridized carbons (Fsp3) is 0. The molecule has 0 N–H and O–H groups in total. The Bertz CT molecular complexity index is 540. The van der Waals surface area contributed by atoms with E-state index >= 15 is 0 Å². The van der Waals surface area contributed by atoms with Gasteiger partial charge in [-0.05, 0) is 0 Å². The summed E-state index contributed by atoms with van der Waals surface area (Å²) < 4.78 is 85.5. The standard InChI is InChI=1S/C7H3F4IO3S/c1-12-6-2(8)4(10)7(16(13,14)15)5(11)3(6)9/h1H2,(H,13,14,15)/p-1. The normalized spacial score (nSPS) is 11.8. The molecule has 0 radical (unpaired) electrons. The van der Waals surface area contributed by atoms with Gasteiger partial charge in [-0.3, -0.25) is 0 Å². The van der Waals surface area contributed by atoms with Crippen molar-refractivity contribution in [1.29, 1.82) is 0 Å². The van der Waals surface area contributed by atoms with Gasteiger partial charge in [0, 0.05) is 0 Å². The van der Waals surface area contributed by atoms with Gasteiger partial charge in [-0.25, -0.2) is 26.0 Å². The van der Waals surface area contributed by atoms with Gasteiger partial charge in [-0.1, -0.05) is 25.2 Å². The molecule has 0 aromatic heterocycles. The topological polar surface area (TPSA) is 57.2 Å². The maximum absolute atomic E-state index is 13.0. The van der Waals surface area contributed by atoms with E-state index in [1.165, 1.54) is 0 Å². The van der Waals surface area contributed by atoms with E-state index in [1.54, 1.807) is 0 Å². The molecule has 9 heteroatoms. The molecule has 0 bridgehead atoms. The van der Waals surface area contributed by atoms with Crippen molar-refractivity contribution in [2.45, 2.75) is 4.90 Å². The Labute approximate surface area is 97.6 Å². The number of rotatable bonds is 2. The third kappa shape index (κ3) is 2.11. The van der Waals surface area contributed by atoms with Crippen LogP contribution in [0.3, 0.4) is 0 Å². The van der Waals surface area contributed by atoms with E-state index in [1.807, 2.05) is 0 Å². The summed E-state index contributed by atoms with van der Waals surface area (Å²) in [6.07, 6.45) is 0. The number of halogens is 5. The Morgan fingerprint density at radius 1 is 1.00 bits per heavy atom. The molecule has 0 saturated heterocycles. The van der Waals surface area contributed by atoms with Crippen LogP contribution in [0, 0.1) is 26.8 Å². The summed E-state index contributed by atoms with van der Waals surface area (Å²) in [6, 6.07) is 0. The molecule has 0 saturated carbocycles. The highest BCUT2D eigenvalue weighted by molar-refractivity contribution is 14.2. The van der Waals surface area contributed by atoms with Crippen molar-refractivity contribution in [3.8, 4) is 0 Å². The van der Waals surface area contributed by atoms with E-state index in [-0.39, 0.29) is 0 Å². The van der Waals surface area contributed by atoms with Crippen molar-refractivity contribution in [3.05, 3.63) is 26.8 Å². The van der Waals surface area contributed by atoms with Crippen molar-refractivity contribution in [3.63, 3.8) is 0 Å². The Kier molecular flexibility index (Phi) is 3.69. The van der Waals surface area contributed by atoms with Gasteiger partial charge in [0.2, 0.25) is 0 Å². The molecule has 1 rings (SSSR count). The predicted octanol–water partition coefficient (Wildman–Crippen LogP) is 1.72. The lowest BCUT2D eigenvalue weighted by molar-refractivity contribution is 0.393. The van der Waals surface area contributed by atoms with Crippen LogP contribution in [-0.2, 0) is 10.1 Å². The third-order valence-corrected chi connectivity index (χ3v) is 4.12. The summed E-state index contributed by atoms with van der Waals surface area (Å²) in [5.41, 5.74) is 0. The smallest absolute Gasteiger partial charge is 0.180 e. The number of benzene rings is 1. The Morgan fingerprint density at radius 2 is 1.38 bits per heavy atom. The van der Waals surface area contributed by atoms with Crippen LogP contribution in [0.2, 0.25) is 0 Å². The van der Waals surface area contributed by atoms with Gasteiger partial charge in [0.25, 0.3) is 0 Å². The molecule has 1 aromatic rings. The minimum Gasteiger partial charge on any atom is -0.744 e. The van der Waals surface area contributed by atoms with Crippen LogP contribution in [0.15, 0.2) is 4.90 Å². The van der Waals surface area contributed by atoms with Crippen LogP contribution in [0.5, 0.6) is 0 Å². The van der Waals surface area contributed by atoms with Gasteiger partial charge in [-0.2, -0.15) is 0 Å². The second-order valence-electron chi connectivity index (χ2n) is 2.49. The first kappa shape index (κ1) is 13.5. The molecule has 0 atom stereocenters. The molecule has 0 amide bonds. The molecular formula is C7H2F4IO3S-.